The first-order valence-electron chi connectivity index (χ1n) is 22.9. The SMILES string of the molecule is COc1c2cc(C(C)(C)C)cc1S(=O)c1cc(C(C)(C)C)cc(c1OC)S(=O)c1cc(C(C)(C)C)cc(c1NCc1ccccc1)S(=O)c1cc(C(C)(C)C)cc(c1NCc1ccccc1)S2=O. The van der Waals surface area contributed by atoms with Gasteiger partial charge in [0.25, 0.3) is 0 Å². The Balaban J connectivity index is 1.71. The van der Waals surface area contributed by atoms with Crippen LogP contribution in [0.2, 0.25) is 0 Å². The molecule has 1 heterocycles. The molecule has 1 aliphatic rings. The van der Waals surface area contributed by atoms with Crippen LogP contribution in [0.1, 0.15) is 116 Å². The van der Waals surface area contributed by atoms with Gasteiger partial charge in [-0.15, -0.1) is 0 Å². The Labute approximate surface area is 414 Å². The maximum atomic E-state index is 16.4. The molecule has 0 spiro atoms. The van der Waals surface area contributed by atoms with Gasteiger partial charge in [-0.05, 0) is 104 Å². The molecule has 8 bridgehead atoms. The van der Waals surface area contributed by atoms with Crippen LogP contribution < -0.4 is 20.1 Å². The third-order valence-electron chi connectivity index (χ3n) is 12.3. The zero-order valence-electron chi connectivity index (χ0n) is 41.9. The Morgan fingerprint density at radius 1 is 0.368 bits per heavy atom. The summed E-state index contributed by atoms with van der Waals surface area (Å²) in [4.78, 5) is 2.86. The van der Waals surface area contributed by atoms with Crippen molar-refractivity contribution in [3.05, 3.63) is 143 Å². The fourth-order valence-corrected chi connectivity index (χ4v) is 14.0. The van der Waals surface area contributed by atoms with Gasteiger partial charge < -0.3 is 20.1 Å². The summed E-state index contributed by atoms with van der Waals surface area (Å²) in [6.07, 6.45) is 0. The molecule has 8 nitrogen and oxygen atoms in total. The zero-order chi connectivity index (χ0) is 49.7. The quantitative estimate of drug-likeness (QED) is 0.155. The Morgan fingerprint density at radius 2 is 0.588 bits per heavy atom. The predicted molar refractivity (Wildman–Crippen MR) is 280 cm³/mol. The molecule has 0 saturated heterocycles. The molecular formula is C56H66N2O6S4. The molecule has 6 aromatic rings. The van der Waals surface area contributed by atoms with Crippen molar-refractivity contribution < 1.29 is 26.3 Å². The smallest absolute Gasteiger partial charge is 0.151 e. The third kappa shape index (κ3) is 10.5. The molecule has 0 aromatic heterocycles. The summed E-state index contributed by atoms with van der Waals surface area (Å²) in [5.41, 5.74) is 4.07. The molecule has 2 unspecified atom stereocenters. The minimum atomic E-state index is -2.03. The normalized spacial score (nSPS) is 17.6. The summed E-state index contributed by atoms with van der Waals surface area (Å²) in [5, 5.41) is 7.27. The molecule has 2 atom stereocenters. The van der Waals surface area contributed by atoms with E-state index < -0.39 is 64.9 Å². The standard InChI is InChI=1S/C56H66N2O6S4/c1-53(2,3)37-25-41-49(57-33-35-21-17-15-18-22-35)43(27-37)66(60)45-29-39(55(7,8)9)31-47(51(45)63-13)68(62)48-32-40(56(10,11)12)30-46(52(48)64-14)67(61)44-28-38(54(4,5)6)26-42(65(41)59)50(44)58-34-36-23-19-16-20-24-36/h15-32,57-58H,33-34H2,1-14H3. The minimum absolute atomic E-state index is 0.193. The highest BCUT2D eigenvalue weighted by atomic mass is 32.2. The number of nitrogens with one attached hydrogen (secondary N) is 2. The Morgan fingerprint density at radius 3 is 0.824 bits per heavy atom. The summed E-state index contributed by atoms with van der Waals surface area (Å²) in [5.74, 6) is 0.385. The lowest BCUT2D eigenvalue weighted by atomic mass is 9.87. The van der Waals surface area contributed by atoms with E-state index in [2.05, 4.69) is 93.7 Å². The highest BCUT2D eigenvalue weighted by Gasteiger charge is 2.35. The molecule has 7 rings (SSSR count). The maximum absolute atomic E-state index is 16.4. The maximum Gasteiger partial charge on any atom is 0.151 e. The molecule has 12 heteroatoms. The lowest BCUT2D eigenvalue weighted by Crippen LogP contribution is -2.19. The Kier molecular flexibility index (Phi) is 14.6. The van der Waals surface area contributed by atoms with Crippen molar-refractivity contribution in [3.63, 3.8) is 0 Å². The van der Waals surface area contributed by atoms with Gasteiger partial charge >= 0.3 is 0 Å². The summed E-state index contributed by atoms with van der Waals surface area (Å²) in [6, 6.07) is 35.1. The number of rotatable bonds is 8. The lowest BCUT2D eigenvalue weighted by molar-refractivity contribution is 0.388. The van der Waals surface area contributed by atoms with Crippen LogP contribution in [0.4, 0.5) is 11.4 Å². The number of methoxy groups -OCH3 is 2. The van der Waals surface area contributed by atoms with E-state index in [1.165, 1.54) is 14.2 Å². The van der Waals surface area contributed by atoms with Crippen molar-refractivity contribution in [1.82, 2.24) is 0 Å². The van der Waals surface area contributed by atoms with Gasteiger partial charge in [0.15, 0.2) is 11.5 Å². The molecular weight excluding hydrogens is 925 g/mol. The van der Waals surface area contributed by atoms with Crippen LogP contribution in [-0.4, -0.2) is 31.1 Å². The van der Waals surface area contributed by atoms with E-state index in [0.717, 1.165) is 33.4 Å². The predicted octanol–water partition coefficient (Wildman–Crippen LogP) is 13.1. The number of ether oxygens (including phenoxy) is 2. The molecule has 2 N–H and O–H groups in total. The average molecular weight is 991 g/mol. The van der Waals surface area contributed by atoms with Gasteiger partial charge in [0.2, 0.25) is 0 Å². The van der Waals surface area contributed by atoms with E-state index in [4.69, 9.17) is 9.47 Å². The van der Waals surface area contributed by atoms with Crippen LogP contribution in [0.5, 0.6) is 11.5 Å². The molecule has 360 valence electrons. The number of benzene rings is 6. The van der Waals surface area contributed by atoms with Crippen LogP contribution in [-0.2, 0) is 77.9 Å². The number of fused-ring (bicyclic) bond motifs is 8. The van der Waals surface area contributed by atoms with Crippen LogP contribution in [0.3, 0.4) is 0 Å². The van der Waals surface area contributed by atoms with Crippen molar-refractivity contribution in [2.75, 3.05) is 24.9 Å². The molecule has 0 saturated carbocycles. The van der Waals surface area contributed by atoms with E-state index in [0.29, 0.717) is 63.6 Å². The van der Waals surface area contributed by atoms with Crippen molar-refractivity contribution in [2.24, 2.45) is 0 Å². The molecule has 6 aromatic carbocycles. The number of hydrogen-bond acceptors (Lipinski definition) is 8. The number of anilines is 2. The first-order chi connectivity index (χ1) is 31.8. The van der Waals surface area contributed by atoms with E-state index in [9.17, 15) is 0 Å². The van der Waals surface area contributed by atoms with E-state index in [1.54, 1.807) is 0 Å². The van der Waals surface area contributed by atoms with Gasteiger partial charge in [-0.1, -0.05) is 144 Å². The van der Waals surface area contributed by atoms with Gasteiger partial charge in [-0.3, -0.25) is 0 Å². The van der Waals surface area contributed by atoms with Gasteiger partial charge in [0.1, 0.15) is 0 Å². The molecule has 0 radical (unpaired) electrons. The second-order valence-electron chi connectivity index (χ2n) is 21.5. The fourth-order valence-electron chi connectivity index (χ4n) is 8.00. The minimum Gasteiger partial charge on any atom is -0.494 e. The summed E-state index contributed by atoms with van der Waals surface area (Å²) in [7, 11) is -5.05. The molecule has 1 aliphatic heterocycles. The van der Waals surface area contributed by atoms with Crippen LogP contribution in [0, 0.1) is 0 Å². The first kappa shape index (κ1) is 51.0. The second-order valence-corrected chi connectivity index (χ2v) is 27.1. The summed E-state index contributed by atoms with van der Waals surface area (Å²) >= 11 is 0. The highest BCUT2D eigenvalue weighted by molar-refractivity contribution is 7.87. The second kappa shape index (κ2) is 19.5. The summed E-state index contributed by atoms with van der Waals surface area (Å²) in [6.45, 7) is 25.5. The zero-order valence-corrected chi connectivity index (χ0v) is 45.2. The number of hydrogen-bond donors (Lipinski definition) is 2. The Hall–Kier alpha value is -4.88. The van der Waals surface area contributed by atoms with Crippen molar-refractivity contribution in [2.45, 2.75) is 157 Å². The van der Waals surface area contributed by atoms with Crippen molar-refractivity contribution in [1.29, 1.82) is 0 Å². The van der Waals surface area contributed by atoms with E-state index >= 15 is 16.8 Å². The Bertz CT molecular complexity index is 2780. The largest absolute Gasteiger partial charge is 0.494 e. The first-order valence-corrected chi connectivity index (χ1v) is 27.5. The molecule has 68 heavy (non-hydrogen) atoms. The lowest BCUT2D eigenvalue weighted by Gasteiger charge is -2.28. The van der Waals surface area contributed by atoms with Crippen molar-refractivity contribution >= 4 is 54.6 Å². The topological polar surface area (TPSA) is 111 Å². The van der Waals surface area contributed by atoms with E-state index in [-0.39, 0.29) is 11.5 Å². The molecule has 0 amide bonds. The summed E-state index contributed by atoms with van der Waals surface area (Å²) < 4.78 is 76.8. The van der Waals surface area contributed by atoms with Gasteiger partial charge in [0, 0.05) is 13.1 Å². The highest BCUT2D eigenvalue weighted by Crippen LogP contribution is 2.48. The molecule has 0 aliphatic carbocycles. The van der Waals surface area contributed by atoms with E-state index in [1.807, 2.05) is 109 Å². The molecule has 0 fully saturated rings. The third-order valence-corrected chi connectivity index (χ3v) is 18.0. The van der Waals surface area contributed by atoms with Crippen LogP contribution in [0.25, 0.3) is 0 Å². The fraction of sp³-hybridized carbons (Fsp3) is 0.357. The van der Waals surface area contributed by atoms with Crippen LogP contribution >= 0.6 is 0 Å². The monoisotopic (exact) mass is 990 g/mol. The van der Waals surface area contributed by atoms with Gasteiger partial charge in [-0.25, -0.2) is 16.8 Å². The van der Waals surface area contributed by atoms with Gasteiger partial charge in [-0.2, -0.15) is 0 Å². The average Bonchev–Trinajstić information content (AvgIpc) is 3.29. The van der Waals surface area contributed by atoms with Gasteiger partial charge in [0.05, 0.1) is 108 Å². The van der Waals surface area contributed by atoms with Crippen LogP contribution in [0.15, 0.2) is 148 Å². The van der Waals surface area contributed by atoms with Crippen molar-refractivity contribution in [3.8, 4) is 11.5 Å².